The zero-order valence-corrected chi connectivity index (χ0v) is 17.6. The van der Waals surface area contributed by atoms with Gasteiger partial charge in [0.25, 0.3) is 0 Å². The van der Waals surface area contributed by atoms with Gasteiger partial charge in [-0.15, -0.1) is 11.3 Å². The molecule has 1 N–H and O–H groups in total. The van der Waals surface area contributed by atoms with Crippen molar-refractivity contribution in [3.63, 3.8) is 0 Å². The third-order valence-corrected chi connectivity index (χ3v) is 7.87. The van der Waals surface area contributed by atoms with Gasteiger partial charge < -0.3 is 5.32 Å². The molecule has 0 saturated carbocycles. The second kappa shape index (κ2) is 8.62. The molecule has 2 heterocycles. The Balaban J connectivity index is 1.33. The molecule has 3 aromatic rings. The smallest absolute Gasteiger partial charge is 0.243 e. The van der Waals surface area contributed by atoms with Crippen LogP contribution in [0.1, 0.15) is 4.88 Å². The summed E-state index contributed by atoms with van der Waals surface area (Å²) in [6.45, 7) is 2.67. The van der Waals surface area contributed by atoms with E-state index in [9.17, 15) is 13.2 Å². The van der Waals surface area contributed by atoms with Crippen LogP contribution in [-0.2, 0) is 21.4 Å². The molecule has 1 aromatic heterocycles. The fourth-order valence-corrected chi connectivity index (χ4v) is 5.57. The molecule has 1 amide bonds. The van der Waals surface area contributed by atoms with E-state index in [4.69, 9.17) is 0 Å². The van der Waals surface area contributed by atoms with Gasteiger partial charge in [-0.1, -0.05) is 36.4 Å². The predicted molar refractivity (Wildman–Crippen MR) is 115 cm³/mol. The summed E-state index contributed by atoms with van der Waals surface area (Å²) >= 11 is 1.61. The molecular weight excluding hydrogens is 406 g/mol. The van der Waals surface area contributed by atoms with Crippen molar-refractivity contribution < 1.29 is 13.2 Å². The van der Waals surface area contributed by atoms with Gasteiger partial charge in [-0.05, 0) is 34.4 Å². The second-order valence-corrected chi connectivity index (χ2v) is 10.0. The lowest BCUT2D eigenvalue weighted by atomic mass is 10.1. The Hall–Kier alpha value is -2.26. The Bertz CT molecular complexity index is 1090. The normalized spacial score (nSPS) is 16.1. The molecule has 0 spiro atoms. The van der Waals surface area contributed by atoms with E-state index >= 15 is 0 Å². The summed E-state index contributed by atoms with van der Waals surface area (Å²) in [5.74, 6) is -0.0377. The van der Waals surface area contributed by atoms with Crippen LogP contribution in [0.25, 0.3) is 10.8 Å². The number of sulfonamides is 1. The number of carbonyl (C=O) groups is 1. The van der Waals surface area contributed by atoms with Crippen molar-refractivity contribution in [3.05, 3.63) is 64.9 Å². The minimum absolute atomic E-state index is 0.0377. The van der Waals surface area contributed by atoms with Crippen LogP contribution in [-0.4, -0.2) is 56.3 Å². The van der Waals surface area contributed by atoms with E-state index in [0.29, 0.717) is 37.6 Å². The summed E-state index contributed by atoms with van der Waals surface area (Å²) in [4.78, 5) is 15.6. The summed E-state index contributed by atoms with van der Waals surface area (Å²) in [7, 11) is -3.54. The van der Waals surface area contributed by atoms with Gasteiger partial charge in [0.05, 0.1) is 18.0 Å². The lowest BCUT2D eigenvalue weighted by molar-refractivity contribution is -0.122. The predicted octanol–water partition coefficient (Wildman–Crippen LogP) is 2.52. The monoisotopic (exact) mass is 429 g/mol. The third kappa shape index (κ3) is 4.67. The molecule has 1 saturated heterocycles. The summed E-state index contributed by atoms with van der Waals surface area (Å²) in [5.41, 5.74) is 0. The van der Waals surface area contributed by atoms with E-state index in [0.717, 1.165) is 15.6 Å². The summed E-state index contributed by atoms with van der Waals surface area (Å²) in [5, 5.41) is 6.83. The molecule has 0 atom stereocenters. The molecule has 1 aliphatic heterocycles. The molecule has 29 heavy (non-hydrogen) atoms. The zero-order chi connectivity index (χ0) is 20.3. The number of nitrogens with one attached hydrogen (secondary N) is 1. The number of rotatable bonds is 6. The Kier molecular flexibility index (Phi) is 5.96. The molecule has 0 radical (unpaired) electrons. The van der Waals surface area contributed by atoms with E-state index in [-0.39, 0.29) is 12.5 Å². The maximum absolute atomic E-state index is 13.0. The fourth-order valence-electron chi connectivity index (χ4n) is 3.46. The van der Waals surface area contributed by atoms with Gasteiger partial charge in [-0.25, -0.2) is 8.42 Å². The van der Waals surface area contributed by atoms with Gasteiger partial charge in [0, 0.05) is 31.1 Å². The van der Waals surface area contributed by atoms with E-state index in [1.165, 1.54) is 4.31 Å². The summed E-state index contributed by atoms with van der Waals surface area (Å²) < 4.78 is 27.6. The molecule has 0 unspecified atom stereocenters. The van der Waals surface area contributed by atoms with Gasteiger partial charge in [-0.3, -0.25) is 9.69 Å². The number of piperazine rings is 1. The Morgan fingerprint density at radius 3 is 2.45 bits per heavy atom. The highest BCUT2D eigenvalue weighted by atomic mass is 32.2. The summed E-state index contributed by atoms with van der Waals surface area (Å²) in [6.07, 6.45) is 0. The first-order valence-electron chi connectivity index (χ1n) is 9.53. The SMILES string of the molecule is O=C(CN1CCN(S(=O)(=O)c2ccc3ccccc3c2)CC1)NCc1cccs1. The van der Waals surface area contributed by atoms with Gasteiger partial charge in [-0.2, -0.15) is 4.31 Å². The first-order chi connectivity index (χ1) is 14.0. The standard InChI is InChI=1S/C21H23N3O3S2/c25-21(22-15-19-6-3-13-28-19)16-23-9-11-24(12-10-23)29(26,27)20-8-7-17-4-1-2-5-18(17)14-20/h1-8,13-14H,9-12,15-16H2,(H,22,25). The number of nitrogens with zero attached hydrogens (tertiary/aromatic N) is 2. The van der Waals surface area contributed by atoms with Crippen LogP contribution in [0.15, 0.2) is 64.9 Å². The van der Waals surface area contributed by atoms with Crippen molar-refractivity contribution in [2.24, 2.45) is 0 Å². The van der Waals surface area contributed by atoms with Crippen molar-refractivity contribution in [1.29, 1.82) is 0 Å². The zero-order valence-electron chi connectivity index (χ0n) is 16.0. The highest BCUT2D eigenvalue weighted by molar-refractivity contribution is 7.89. The molecule has 0 bridgehead atoms. The Morgan fingerprint density at radius 1 is 0.966 bits per heavy atom. The Morgan fingerprint density at radius 2 is 1.72 bits per heavy atom. The third-order valence-electron chi connectivity index (χ3n) is 5.10. The van der Waals surface area contributed by atoms with E-state index in [1.54, 1.807) is 23.5 Å². The van der Waals surface area contributed by atoms with Crippen molar-refractivity contribution >= 4 is 38.0 Å². The van der Waals surface area contributed by atoms with Crippen LogP contribution >= 0.6 is 11.3 Å². The van der Waals surface area contributed by atoms with Crippen LogP contribution in [0.3, 0.4) is 0 Å². The largest absolute Gasteiger partial charge is 0.350 e. The maximum atomic E-state index is 13.0. The number of fused-ring (bicyclic) bond motifs is 1. The molecule has 152 valence electrons. The van der Waals surface area contributed by atoms with Crippen molar-refractivity contribution in [2.45, 2.75) is 11.4 Å². The maximum Gasteiger partial charge on any atom is 0.243 e. The van der Waals surface area contributed by atoms with Crippen molar-refractivity contribution in [3.8, 4) is 0 Å². The van der Waals surface area contributed by atoms with Gasteiger partial charge >= 0.3 is 0 Å². The molecule has 4 rings (SSSR count). The van der Waals surface area contributed by atoms with Crippen LogP contribution in [0.2, 0.25) is 0 Å². The molecule has 2 aromatic carbocycles. The Labute approximate surface area is 174 Å². The van der Waals surface area contributed by atoms with Crippen LogP contribution in [0.5, 0.6) is 0 Å². The summed E-state index contributed by atoms with van der Waals surface area (Å²) in [6, 6.07) is 16.9. The number of carbonyl (C=O) groups excluding carboxylic acids is 1. The fraction of sp³-hybridized carbons (Fsp3) is 0.286. The van der Waals surface area contributed by atoms with E-state index < -0.39 is 10.0 Å². The van der Waals surface area contributed by atoms with Crippen LogP contribution < -0.4 is 5.32 Å². The van der Waals surface area contributed by atoms with E-state index in [1.807, 2.05) is 52.7 Å². The van der Waals surface area contributed by atoms with Gasteiger partial charge in [0.15, 0.2) is 0 Å². The number of benzene rings is 2. The topological polar surface area (TPSA) is 69.7 Å². The average Bonchev–Trinajstić information content (AvgIpc) is 3.26. The van der Waals surface area contributed by atoms with Gasteiger partial charge in [0.1, 0.15) is 0 Å². The first kappa shape index (κ1) is 20.0. The number of hydrogen-bond acceptors (Lipinski definition) is 5. The average molecular weight is 430 g/mol. The van der Waals surface area contributed by atoms with Gasteiger partial charge in [0.2, 0.25) is 15.9 Å². The first-order valence-corrected chi connectivity index (χ1v) is 11.8. The highest BCUT2D eigenvalue weighted by Crippen LogP contribution is 2.22. The van der Waals surface area contributed by atoms with Crippen molar-refractivity contribution in [1.82, 2.24) is 14.5 Å². The highest BCUT2D eigenvalue weighted by Gasteiger charge is 2.29. The lowest BCUT2D eigenvalue weighted by Crippen LogP contribution is -2.50. The van der Waals surface area contributed by atoms with Crippen molar-refractivity contribution in [2.75, 3.05) is 32.7 Å². The second-order valence-electron chi connectivity index (χ2n) is 7.05. The lowest BCUT2D eigenvalue weighted by Gasteiger charge is -2.33. The van der Waals surface area contributed by atoms with Crippen LogP contribution in [0.4, 0.5) is 0 Å². The minimum Gasteiger partial charge on any atom is -0.350 e. The quantitative estimate of drug-likeness (QED) is 0.654. The number of hydrogen-bond donors (Lipinski definition) is 1. The molecule has 0 aliphatic carbocycles. The van der Waals surface area contributed by atoms with Crippen LogP contribution in [0, 0.1) is 0 Å². The number of thiophene rings is 1. The molecule has 8 heteroatoms. The number of amides is 1. The minimum atomic E-state index is -3.54. The molecule has 6 nitrogen and oxygen atoms in total. The van der Waals surface area contributed by atoms with E-state index in [2.05, 4.69) is 5.32 Å². The molecule has 1 fully saturated rings. The molecular formula is C21H23N3O3S2. The molecule has 1 aliphatic rings.